The van der Waals surface area contributed by atoms with Crippen molar-refractivity contribution < 1.29 is 23.9 Å². The molecule has 1 aliphatic rings. The number of carbonyl (C=O) groups is 2. The molecule has 0 spiro atoms. The first-order chi connectivity index (χ1) is 6.80. The first-order valence-corrected chi connectivity index (χ1v) is 6.14. The van der Waals surface area contributed by atoms with E-state index in [0.717, 1.165) is 0 Å². The van der Waals surface area contributed by atoms with Crippen molar-refractivity contribution in [2.75, 3.05) is 0 Å². The van der Waals surface area contributed by atoms with Crippen molar-refractivity contribution in [3.05, 3.63) is 0 Å². The molecule has 0 aliphatic carbocycles. The fraction of sp³-hybridized carbons (Fsp3) is 0.714. The summed E-state index contributed by atoms with van der Waals surface area (Å²) in [5.41, 5.74) is 0. The van der Waals surface area contributed by atoms with Crippen LogP contribution in [0.1, 0.15) is 19.8 Å². The second-order valence-corrected chi connectivity index (χ2v) is 5.39. The maximum atomic E-state index is 11.4. The Morgan fingerprint density at radius 3 is 2.67 bits per heavy atom. The molecule has 1 heterocycles. The van der Waals surface area contributed by atoms with Crippen molar-refractivity contribution in [2.45, 2.75) is 31.6 Å². The molecule has 0 aromatic carbocycles. The maximum Gasteiger partial charge on any atom is 0.347 e. The summed E-state index contributed by atoms with van der Waals surface area (Å²) in [5, 5.41) is 4.57. The molecule has 1 rings (SSSR count). The van der Waals surface area contributed by atoms with Gasteiger partial charge in [-0.25, -0.2) is 0 Å². The minimum absolute atomic E-state index is 0.223. The molecule has 1 fully saturated rings. The SMILES string of the molecule is C[C@H](NC(=O)[C@@H]1CCC(=O)N1)P(=O)(O)O. The Balaban J connectivity index is 2.49. The predicted molar refractivity (Wildman–Crippen MR) is 50.8 cm³/mol. The van der Waals surface area contributed by atoms with Gasteiger partial charge < -0.3 is 20.4 Å². The molecule has 2 amide bonds. The summed E-state index contributed by atoms with van der Waals surface area (Å²) >= 11 is 0. The van der Waals surface area contributed by atoms with E-state index in [1.54, 1.807) is 0 Å². The van der Waals surface area contributed by atoms with Crippen LogP contribution in [-0.4, -0.2) is 33.4 Å². The van der Waals surface area contributed by atoms with Crippen LogP contribution >= 0.6 is 7.60 Å². The molecule has 0 unspecified atom stereocenters. The maximum absolute atomic E-state index is 11.4. The molecular formula is C7H13N2O5P. The number of amides is 2. The predicted octanol–water partition coefficient (Wildman–Crippen LogP) is -1.10. The molecular weight excluding hydrogens is 223 g/mol. The molecule has 0 aromatic rings. The van der Waals surface area contributed by atoms with Gasteiger partial charge in [-0.05, 0) is 13.3 Å². The Labute approximate surface area is 86.4 Å². The van der Waals surface area contributed by atoms with Gasteiger partial charge in [-0.2, -0.15) is 0 Å². The van der Waals surface area contributed by atoms with Crippen molar-refractivity contribution in [1.82, 2.24) is 10.6 Å². The van der Waals surface area contributed by atoms with E-state index in [2.05, 4.69) is 10.6 Å². The van der Waals surface area contributed by atoms with Gasteiger partial charge in [0.05, 0.1) is 0 Å². The van der Waals surface area contributed by atoms with Gasteiger partial charge in [0.15, 0.2) is 0 Å². The smallest absolute Gasteiger partial charge is 0.344 e. The summed E-state index contributed by atoms with van der Waals surface area (Å²) in [7, 11) is -4.31. The largest absolute Gasteiger partial charge is 0.347 e. The fourth-order valence-corrected chi connectivity index (χ4v) is 1.50. The molecule has 0 bridgehead atoms. The Morgan fingerprint density at radius 2 is 2.27 bits per heavy atom. The Bertz CT molecular complexity index is 325. The van der Waals surface area contributed by atoms with E-state index in [0.29, 0.717) is 6.42 Å². The van der Waals surface area contributed by atoms with Crippen LogP contribution in [-0.2, 0) is 14.2 Å². The zero-order valence-electron chi connectivity index (χ0n) is 8.14. The summed E-state index contributed by atoms with van der Waals surface area (Å²) in [6.07, 6.45) is 0.626. The summed E-state index contributed by atoms with van der Waals surface area (Å²) in [5.74, 6) is -2.02. The number of nitrogens with one attached hydrogen (secondary N) is 2. The molecule has 8 heteroatoms. The number of hydrogen-bond donors (Lipinski definition) is 4. The molecule has 0 radical (unpaired) electrons. The molecule has 0 aromatic heterocycles. The third kappa shape index (κ3) is 3.30. The van der Waals surface area contributed by atoms with Crippen LogP contribution in [0.2, 0.25) is 0 Å². The molecule has 1 aliphatic heterocycles. The monoisotopic (exact) mass is 236 g/mol. The first kappa shape index (κ1) is 12.2. The Morgan fingerprint density at radius 1 is 1.67 bits per heavy atom. The summed E-state index contributed by atoms with van der Waals surface area (Å²) in [6, 6.07) is -0.675. The third-order valence-electron chi connectivity index (χ3n) is 2.17. The highest BCUT2D eigenvalue weighted by Crippen LogP contribution is 2.39. The van der Waals surface area contributed by atoms with Crippen molar-refractivity contribution in [3.63, 3.8) is 0 Å². The molecule has 0 saturated carbocycles. The van der Waals surface area contributed by atoms with Gasteiger partial charge in [-0.15, -0.1) is 0 Å². The van der Waals surface area contributed by atoms with E-state index in [4.69, 9.17) is 9.79 Å². The number of rotatable bonds is 3. The number of carbonyl (C=O) groups excluding carboxylic acids is 2. The van der Waals surface area contributed by atoms with Gasteiger partial charge in [0.25, 0.3) is 0 Å². The molecule has 7 nitrogen and oxygen atoms in total. The van der Waals surface area contributed by atoms with E-state index in [9.17, 15) is 14.2 Å². The highest BCUT2D eigenvalue weighted by atomic mass is 31.2. The zero-order valence-corrected chi connectivity index (χ0v) is 9.03. The average molecular weight is 236 g/mol. The van der Waals surface area contributed by atoms with E-state index in [1.807, 2.05) is 0 Å². The fourth-order valence-electron chi connectivity index (χ4n) is 1.20. The van der Waals surface area contributed by atoms with Gasteiger partial charge in [-0.3, -0.25) is 14.2 Å². The lowest BCUT2D eigenvalue weighted by Gasteiger charge is -2.17. The highest BCUT2D eigenvalue weighted by Gasteiger charge is 2.31. The lowest BCUT2D eigenvalue weighted by atomic mass is 10.2. The van der Waals surface area contributed by atoms with Crippen molar-refractivity contribution >= 4 is 19.4 Å². The Kier molecular flexibility index (Phi) is 3.49. The van der Waals surface area contributed by atoms with Gasteiger partial charge in [0.2, 0.25) is 11.8 Å². The van der Waals surface area contributed by atoms with E-state index < -0.39 is 25.3 Å². The molecule has 4 N–H and O–H groups in total. The molecule has 1 saturated heterocycles. The quantitative estimate of drug-likeness (QED) is 0.464. The van der Waals surface area contributed by atoms with Crippen LogP contribution in [0.15, 0.2) is 0 Å². The molecule has 15 heavy (non-hydrogen) atoms. The lowest BCUT2D eigenvalue weighted by molar-refractivity contribution is -0.125. The minimum atomic E-state index is -4.31. The first-order valence-electron chi connectivity index (χ1n) is 4.45. The molecule has 2 atom stereocenters. The Hall–Kier alpha value is -0.910. The second kappa shape index (κ2) is 4.30. The van der Waals surface area contributed by atoms with Crippen molar-refractivity contribution in [1.29, 1.82) is 0 Å². The van der Waals surface area contributed by atoms with Crippen LogP contribution in [0.25, 0.3) is 0 Å². The van der Waals surface area contributed by atoms with Crippen LogP contribution in [0, 0.1) is 0 Å². The average Bonchev–Trinajstić information content (AvgIpc) is 2.50. The zero-order chi connectivity index (χ0) is 11.6. The van der Waals surface area contributed by atoms with Crippen molar-refractivity contribution in [2.24, 2.45) is 0 Å². The summed E-state index contributed by atoms with van der Waals surface area (Å²) in [6.45, 7) is 1.22. The lowest BCUT2D eigenvalue weighted by Crippen LogP contribution is -2.44. The second-order valence-electron chi connectivity index (χ2n) is 3.43. The van der Waals surface area contributed by atoms with Crippen LogP contribution in [0.3, 0.4) is 0 Å². The van der Waals surface area contributed by atoms with E-state index in [1.165, 1.54) is 6.92 Å². The van der Waals surface area contributed by atoms with Crippen LogP contribution in [0.4, 0.5) is 0 Å². The normalized spacial score (nSPS) is 23.4. The summed E-state index contributed by atoms with van der Waals surface area (Å²) in [4.78, 5) is 39.7. The van der Waals surface area contributed by atoms with Gasteiger partial charge in [0, 0.05) is 6.42 Å². The topological polar surface area (TPSA) is 116 Å². The van der Waals surface area contributed by atoms with Gasteiger partial charge in [-0.1, -0.05) is 0 Å². The molecule has 86 valence electrons. The third-order valence-corrected chi connectivity index (χ3v) is 3.31. The van der Waals surface area contributed by atoms with E-state index >= 15 is 0 Å². The van der Waals surface area contributed by atoms with Crippen molar-refractivity contribution in [3.8, 4) is 0 Å². The standard InChI is InChI=1S/C7H13N2O5P/c1-4(15(12,13)14)8-7(11)5-2-3-6(10)9-5/h4-5H,2-3H2,1H3,(H,8,11)(H,9,10)(H2,12,13,14)/t4-,5+/m1/s1. The van der Waals surface area contributed by atoms with Gasteiger partial charge >= 0.3 is 7.60 Å². The number of hydrogen-bond acceptors (Lipinski definition) is 3. The van der Waals surface area contributed by atoms with Gasteiger partial charge in [0.1, 0.15) is 11.8 Å². The highest BCUT2D eigenvalue weighted by molar-refractivity contribution is 7.52. The van der Waals surface area contributed by atoms with Crippen LogP contribution < -0.4 is 10.6 Å². The summed E-state index contributed by atoms with van der Waals surface area (Å²) < 4.78 is 10.7. The van der Waals surface area contributed by atoms with E-state index in [-0.39, 0.29) is 12.3 Å². The minimum Gasteiger partial charge on any atom is -0.344 e. The van der Waals surface area contributed by atoms with Crippen LogP contribution in [0.5, 0.6) is 0 Å².